The van der Waals surface area contributed by atoms with Crippen LogP contribution in [0, 0.1) is 0 Å². The number of rotatable bonds is 10. The largest absolute Gasteiger partial charge is 0.507 e. The molecule has 0 fully saturated rings. The van der Waals surface area contributed by atoms with Crippen molar-refractivity contribution >= 4 is 17.5 Å². The average molecular weight is 551 g/mol. The van der Waals surface area contributed by atoms with E-state index in [1.54, 1.807) is 72.8 Å². The lowest BCUT2D eigenvalue weighted by Crippen LogP contribution is -2.26. The van der Waals surface area contributed by atoms with Crippen molar-refractivity contribution in [1.29, 1.82) is 0 Å². The smallest absolute Gasteiger partial charge is 0.343 e. The Morgan fingerprint density at radius 3 is 1.83 bits per heavy atom. The number of carbonyl (C=O) groups excluding carboxylic acids is 3. The molecule has 0 aliphatic heterocycles. The van der Waals surface area contributed by atoms with Gasteiger partial charge in [-0.25, -0.2) is 4.79 Å². The number of phenols is 1. The molecule has 0 saturated carbocycles. The lowest BCUT2D eigenvalue weighted by molar-refractivity contribution is 0.0732. The third kappa shape index (κ3) is 5.57. The zero-order valence-corrected chi connectivity index (χ0v) is 22.9. The molecule has 0 radical (unpaired) electrons. The van der Waals surface area contributed by atoms with Gasteiger partial charge in [0, 0.05) is 5.56 Å². The average Bonchev–Trinajstić information content (AvgIpc) is 2.99. The van der Waals surface area contributed by atoms with E-state index in [0.29, 0.717) is 41.4 Å². The lowest BCUT2D eigenvalue weighted by atomic mass is 9.73. The molecule has 1 N–H and O–H groups in total. The van der Waals surface area contributed by atoms with Crippen LogP contribution in [0.4, 0.5) is 0 Å². The first-order valence-electron chi connectivity index (χ1n) is 13.6. The van der Waals surface area contributed by atoms with E-state index >= 15 is 0 Å². The number of carbonyl (C=O) groups is 3. The maximum atomic E-state index is 14.0. The predicted octanol–water partition coefficient (Wildman–Crippen LogP) is 6.75. The van der Waals surface area contributed by atoms with Crippen molar-refractivity contribution in [1.82, 2.24) is 0 Å². The number of esters is 1. The summed E-state index contributed by atoms with van der Waals surface area (Å²) in [7, 11) is 0. The minimum Gasteiger partial charge on any atom is -0.507 e. The second-order valence-corrected chi connectivity index (χ2v) is 9.72. The highest BCUT2D eigenvalue weighted by atomic mass is 16.5. The van der Waals surface area contributed by atoms with Crippen LogP contribution in [-0.2, 0) is 0 Å². The van der Waals surface area contributed by atoms with Gasteiger partial charge in [-0.1, -0.05) is 38.1 Å². The van der Waals surface area contributed by atoms with Crippen molar-refractivity contribution in [2.75, 3.05) is 13.2 Å². The fraction of sp³-hybridized carbons (Fsp3) is 0.206. The van der Waals surface area contributed by atoms with Crippen LogP contribution >= 0.6 is 0 Å². The minimum absolute atomic E-state index is 0.0128. The molecule has 0 aromatic heterocycles. The molecule has 208 valence electrons. The van der Waals surface area contributed by atoms with Crippen LogP contribution in [-0.4, -0.2) is 35.9 Å². The molecule has 4 aromatic carbocycles. The van der Waals surface area contributed by atoms with E-state index in [4.69, 9.17) is 14.2 Å². The van der Waals surface area contributed by atoms with Crippen molar-refractivity contribution in [2.24, 2.45) is 0 Å². The van der Waals surface area contributed by atoms with Crippen molar-refractivity contribution in [3.05, 3.63) is 118 Å². The Bertz CT molecular complexity index is 1590. The third-order valence-electron chi connectivity index (χ3n) is 6.85. The van der Waals surface area contributed by atoms with Gasteiger partial charge >= 0.3 is 5.97 Å². The molecule has 7 heteroatoms. The van der Waals surface area contributed by atoms with E-state index in [9.17, 15) is 19.5 Å². The van der Waals surface area contributed by atoms with Crippen LogP contribution < -0.4 is 14.2 Å². The number of phenolic OH excluding ortho intramolecular Hbond substituents is 1. The van der Waals surface area contributed by atoms with E-state index in [-0.39, 0.29) is 34.0 Å². The first kappa shape index (κ1) is 27.6. The molecule has 0 bridgehead atoms. The topological polar surface area (TPSA) is 99.1 Å². The Balaban J connectivity index is 1.52. The maximum Gasteiger partial charge on any atom is 0.343 e. The normalized spacial score (nSPS) is 13.6. The second-order valence-electron chi connectivity index (χ2n) is 9.72. The van der Waals surface area contributed by atoms with Gasteiger partial charge in [-0.15, -0.1) is 0 Å². The molecule has 5 rings (SSSR count). The molecule has 0 amide bonds. The van der Waals surface area contributed by atoms with E-state index in [1.165, 1.54) is 12.1 Å². The van der Waals surface area contributed by atoms with E-state index in [2.05, 4.69) is 0 Å². The quantitative estimate of drug-likeness (QED) is 0.132. The van der Waals surface area contributed by atoms with Gasteiger partial charge in [0.2, 0.25) is 5.78 Å². The second kappa shape index (κ2) is 12.1. The van der Waals surface area contributed by atoms with Gasteiger partial charge in [-0.3, -0.25) is 9.59 Å². The number of aromatic hydroxyl groups is 1. The molecule has 1 unspecified atom stereocenters. The van der Waals surface area contributed by atoms with Gasteiger partial charge in [0.1, 0.15) is 23.0 Å². The number of fused-ring (bicyclic) bond motifs is 2. The van der Waals surface area contributed by atoms with Gasteiger partial charge in [0.25, 0.3) is 0 Å². The zero-order chi connectivity index (χ0) is 28.9. The van der Waals surface area contributed by atoms with Crippen LogP contribution in [0.5, 0.6) is 23.0 Å². The van der Waals surface area contributed by atoms with Crippen LogP contribution in [0.15, 0.2) is 84.9 Å². The number of hydrogen-bond donors (Lipinski definition) is 1. The molecule has 0 saturated heterocycles. The summed E-state index contributed by atoms with van der Waals surface area (Å²) in [6.45, 7) is 5.14. The van der Waals surface area contributed by atoms with Gasteiger partial charge in [-0.05, 0) is 84.6 Å². The summed E-state index contributed by atoms with van der Waals surface area (Å²) in [5, 5.41) is 10.7. The summed E-state index contributed by atoms with van der Waals surface area (Å²) in [6, 6.07) is 22.9. The third-order valence-corrected chi connectivity index (χ3v) is 6.85. The summed E-state index contributed by atoms with van der Waals surface area (Å²) in [5.74, 6) is -1.30. The summed E-state index contributed by atoms with van der Waals surface area (Å²) < 4.78 is 16.9. The minimum atomic E-state index is -0.902. The number of ketones is 2. The molecular weight excluding hydrogens is 520 g/mol. The van der Waals surface area contributed by atoms with Crippen LogP contribution in [0.25, 0.3) is 0 Å². The number of hydrogen-bond acceptors (Lipinski definition) is 7. The summed E-state index contributed by atoms with van der Waals surface area (Å²) in [6.07, 6.45) is 1.72. The maximum absolute atomic E-state index is 14.0. The molecule has 1 aliphatic carbocycles. The van der Waals surface area contributed by atoms with Gasteiger partial charge in [0.05, 0.1) is 35.8 Å². The molecule has 1 aliphatic rings. The van der Waals surface area contributed by atoms with Crippen molar-refractivity contribution < 1.29 is 33.7 Å². The van der Waals surface area contributed by atoms with Crippen molar-refractivity contribution in [3.8, 4) is 23.0 Å². The monoisotopic (exact) mass is 550 g/mol. The number of ether oxygens (including phenoxy) is 3. The standard InChI is InChI=1S/C34H30O7/c1-3-19-39-23-15-11-21(12-16-23)32(36)29-25-7-5-9-27(35)30(25)33(37)31-26(29)8-6-10-28(31)41-34(38)22-13-17-24(18-14-22)40-20-4-2/h5-18,29,35H,3-4,19-20H2,1-2H3. The van der Waals surface area contributed by atoms with Crippen LogP contribution in [0.1, 0.15) is 80.4 Å². The number of Topliss-reactive ketones (excluding diaryl/α,β-unsaturated/α-hetero) is 1. The first-order chi connectivity index (χ1) is 19.9. The summed E-state index contributed by atoms with van der Waals surface area (Å²) in [5.41, 5.74) is 1.57. The Labute approximate surface area is 238 Å². The zero-order valence-electron chi connectivity index (χ0n) is 22.9. The Kier molecular flexibility index (Phi) is 8.15. The molecule has 4 aromatic rings. The highest BCUT2D eigenvalue weighted by Crippen LogP contribution is 2.44. The molecule has 7 nitrogen and oxygen atoms in total. The lowest BCUT2D eigenvalue weighted by Gasteiger charge is -2.28. The fourth-order valence-corrected chi connectivity index (χ4v) is 4.91. The number of benzene rings is 4. The molecule has 0 heterocycles. The van der Waals surface area contributed by atoms with Crippen molar-refractivity contribution in [3.63, 3.8) is 0 Å². The Morgan fingerprint density at radius 2 is 1.24 bits per heavy atom. The van der Waals surface area contributed by atoms with Gasteiger partial charge in [0.15, 0.2) is 5.78 Å². The summed E-state index contributed by atoms with van der Waals surface area (Å²) >= 11 is 0. The Morgan fingerprint density at radius 1 is 0.707 bits per heavy atom. The summed E-state index contributed by atoms with van der Waals surface area (Å²) in [4.78, 5) is 40.8. The highest BCUT2D eigenvalue weighted by molar-refractivity contribution is 6.19. The Hall–Kier alpha value is -4.91. The van der Waals surface area contributed by atoms with E-state index < -0.39 is 17.7 Å². The predicted molar refractivity (Wildman–Crippen MR) is 154 cm³/mol. The molecule has 1 atom stereocenters. The molecule has 0 spiro atoms. The van der Waals surface area contributed by atoms with Gasteiger partial charge in [-0.2, -0.15) is 0 Å². The van der Waals surface area contributed by atoms with Crippen LogP contribution in [0.2, 0.25) is 0 Å². The first-order valence-corrected chi connectivity index (χ1v) is 13.6. The van der Waals surface area contributed by atoms with Gasteiger partial charge < -0.3 is 19.3 Å². The highest BCUT2D eigenvalue weighted by Gasteiger charge is 2.39. The van der Waals surface area contributed by atoms with E-state index in [0.717, 1.165) is 12.8 Å². The van der Waals surface area contributed by atoms with Crippen LogP contribution in [0.3, 0.4) is 0 Å². The SMILES string of the molecule is CCCOc1ccc(C(=O)Oc2cccc3c2C(=O)c2c(O)cccc2C3C(=O)c2ccc(OCCC)cc2)cc1. The van der Waals surface area contributed by atoms with E-state index in [1.807, 2.05) is 13.8 Å². The van der Waals surface area contributed by atoms with Crippen molar-refractivity contribution in [2.45, 2.75) is 32.6 Å². The molecular formula is C34H30O7. The molecule has 41 heavy (non-hydrogen) atoms. The fourth-order valence-electron chi connectivity index (χ4n) is 4.91.